The molecule has 0 spiro atoms. The van der Waals surface area contributed by atoms with Gasteiger partial charge in [0.2, 0.25) is 0 Å². The molecule has 0 N–H and O–H groups in total. The number of benzene rings is 7. The second-order valence-electron chi connectivity index (χ2n) is 15.1. The molecule has 0 unspecified atom stereocenters. The number of hydrogen-bond donors (Lipinski definition) is 0. The number of hydrogen-bond acceptors (Lipinski definition) is 3. The molecule has 244 valence electrons. The van der Waals surface area contributed by atoms with Crippen molar-refractivity contribution >= 4 is 22.8 Å². The zero-order valence-electron chi connectivity index (χ0n) is 29.2. The molecule has 3 heteroatoms. The lowest BCUT2D eigenvalue weighted by Gasteiger charge is -2.24. The average Bonchev–Trinajstić information content (AvgIpc) is 3.81. The van der Waals surface area contributed by atoms with Crippen LogP contribution in [0, 0.1) is 0 Å². The van der Waals surface area contributed by atoms with Gasteiger partial charge in [-0.05, 0) is 102 Å². The van der Waals surface area contributed by atoms with E-state index in [0.717, 1.165) is 27.7 Å². The highest BCUT2D eigenvalue weighted by molar-refractivity contribution is 7.00. The van der Waals surface area contributed by atoms with Crippen LogP contribution in [0.15, 0.2) is 146 Å². The summed E-state index contributed by atoms with van der Waals surface area (Å²) >= 11 is 1.29. The Morgan fingerprint density at radius 2 is 0.667 bits per heavy atom. The first kappa shape index (κ1) is 30.2. The van der Waals surface area contributed by atoms with Crippen molar-refractivity contribution in [3.8, 4) is 66.8 Å². The summed E-state index contributed by atoms with van der Waals surface area (Å²) in [5.41, 5.74) is 22.2. The van der Waals surface area contributed by atoms with E-state index in [-0.39, 0.29) is 10.8 Å². The van der Waals surface area contributed by atoms with Gasteiger partial charge in [0, 0.05) is 22.0 Å². The molecule has 7 aromatic carbocycles. The topological polar surface area (TPSA) is 25.8 Å². The third kappa shape index (κ3) is 4.48. The van der Waals surface area contributed by atoms with Crippen LogP contribution in [0.4, 0.5) is 0 Å². The van der Waals surface area contributed by atoms with E-state index in [1.54, 1.807) is 0 Å². The van der Waals surface area contributed by atoms with Crippen LogP contribution < -0.4 is 0 Å². The highest BCUT2D eigenvalue weighted by atomic mass is 32.1. The molecule has 10 rings (SSSR count). The van der Waals surface area contributed by atoms with Crippen molar-refractivity contribution in [2.45, 2.75) is 38.5 Å². The number of nitrogens with zero attached hydrogens (tertiary/aromatic N) is 2. The number of rotatable bonds is 4. The monoisotopic (exact) mass is 672 g/mol. The first-order valence-electron chi connectivity index (χ1n) is 17.7. The van der Waals surface area contributed by atoms with Crippen molar-refractivity contribution in [3.63, 3.8) is 0 Å². The zero-order valence-corrected chi connectivity index (χ0v) is 30.0. The average molecular weight is 673 g/mol. The van der Waals surface area contributed by atoms with E-state index >= 15 is 0 Å². The highest BCUT2D eigenvalue weighted by Crippen LogP contribution is 2.53. The molecule has 0 saturated heterocycles. The lowest BCUT2D eigenvalue weighted by molar-refractivity contribution is 0.660. The molecule has 0 saturated carbocycles. The van der Waals surface area contributed by atoms with E-state index in [2.05, 4.69) is 173 Å². The molecule has 1 heterocycles. The van der Waals surface area contributed by atoms with Crippen LogP contribution in [-0.2, 0) is 10.8 Å². The van der Waals surface area contributed by atoms with Crippen LogP contribution in [0.3, 0.4) is 0 Å². The Bertz CT molecular complexity index is 2680. The summed E-state index contributed by atoms with van der Waals surface area (Å²) in [5.74, 6) is 0. The van der Waals surface area contributed by atoms with Gasteiger partial charge in [0.15, 0.2) is 0 Å². The molecule has 0 aliphatic heterocycles. The van der Waals surface area contributed by atoms with E-state index in [4.69, 9.17) is 8.75 Å². The minimum atomic E-state index is -0.153. The standard InChI is InChI=1S/C48H36N2S/c1-47(2)41-25-31(29-11-7-5-8-12-29)15-19-37(41)38-20-16-32(26-42(38)47)33-17-21-39-40-22-18-34(28-44(40)48(3,4)43(39)27-33)36-24-23-35(30-13-9-6-10-14-30)45-46(36)50-51-49-45/h5-28H,1-4H3. The van der Waals surface area contributed by atoms with E-state index in [0.29, 0.717) is 0 Å². The minimum absolute atomic E-state index is 0.0916. The number of fused-ring (bicyclic) bond motifs is 7. The van der Waals surface area contributed by atoms with Crippen LogP contribution in [0.1, 0.15) is 49.9 Å². The van der Waals surface area contributed by atoms with Gasteiger partial charge in [0.25, 0.3) is 0 Å². The van der Waals surface area contributed by atoms with Gasteiger partial charge in [0.05, 0.1) is 11.7 Å². The summed E-state index contributed by atoms with van der Waals surface area (Å²) in [5, 5.41) is 0. The molecule has 2 aliphatic rings. The van der Waals surface area contributed by atoms with Crippen molar-refractivity contribution in [3.05, 3.63) is 168 Å². The van der Waals surface area contributed by atoms with Gasteiger partial charge in [-0.3, -0.25) is 0 Å². The minimum Gasteiger partial charge on any atom is -0.172 e. The summed E-state index contributed by atoms with van der Waals surface area (Å²) in [6, 6.07) is 53.8. The molecule has 0 radical (unpaired) electrons. The van der Waals surface area contributed by atoms with Crippen molar-refractivity contribution < 1.29 is 0 Å². The SMILES string of the molecule is CC1(C)c2cc(-c3ccccc3)ccc2-c2ccc(-c3ccc4c(c3)C(C)(C)c3cc(-c5ccc(-c6ccccc6)c6nsnc56)ccc3-4)cc21. The molecule has 0 atom stereocenters. The van der Waals surface area contributed by atoms with Gasteiger partial charge >= 0.3 is 0 Å². The molecule has 1 aromatic heterocycles. The fraction of sp³-hybridized carbons (Fsp3) is 0.125. The molecular formula is C48H36N2S. The predicted octanol–water partition coefficient (Wildman–Crippen LogP) is 13.0. The molecule has 0 amide bonds. The molecule has 0 bridgehead atoms. The molecule has 2 nitrogen and oxygen atoms in total. The fourth-order valence-electron chi connectivity index (χ4n) is 8.76. The van der Waals surface area contributed by atoms with Gasteiger partial charge in [-0.2, -0.15) is 8.75 Å². The zero-order chi connectivity index (χ0) is 34.5. The van der Waals surface area contributed by atoms with E-state index < -0.39 is 0 Å². The second kappa shape index (κ2) is 10.9. The summed E-state index contributed by atoms with van der Waals surface area (Å²) in [6.45, 7) is 9.49. The first-order chi connectivity index (χ1) is 24.8. The summed E-state index contributed by atoms with van der Waals surface area (Å²) in [7, 11) is 0. The van der Waals surface area contributed by atoms with Gasteiger partial charge < -0.3 is 0 Å². The Morgan fingerprint density at radius 3 is 1.12 bits per heavy atom. The Hall–Kier alpha value is -5.64. The van der Waals surface area contributed by atoms with Crippen LogP contribution >= 0.6 is 11.7 Å². The van der Waals surface area contributed by atoms with E-state index in [1.165, 1.54) is 84.1 Å². The van der Waals surface area contributed by atoms with Crippen molar-refractivity contribution in [1.82, 2.24) is 8.75 Å². The number of aromatic nitrogens is 2. The first-order valence-corrected chi connectivity index (χ1v) is 18.5. The predicted molar refractivity (Wildman–Crippen MR) is 214 cm³/mol. The van der Waals surface area contributed by atoms with Crippen LogP contribution in [-0.4, -0.2) is 8.75 Å². The molecule has 2 aliphatic carbocycles. The van der Waals surface area contributed by atoms with Crippen LogP contribution in [0.25, 0.3) is 77.8 Å². The second-order valence-corrected chi connectivity index (χ2v) is 15.7. The van der Waals surface area contributed by atoms with Gasteiger partial charge in [0.1, 0.15) is 11.0 Å². The highest BCUT2D eigenvalue weighted by Gasteiger charge is 2.38. The van der Waals surface area contributed by atoms with Crippen LogP contribution in [0.2, 0.25) is 0 Å². The van der Waals surface area contributed by atoms with Gasteiger partial charge in [-0.1, -0.05) is 149 Å². The smallest absolute Gasteiger partial charge is 0.113 e. The quantitative estimate of drug-likeness (QED) is 0.186. The lowest BCUT2D eigenvalue weighted by Crippen LogP contribution is -2.15. The maximum Gasteiger partial charge on any atom is 0.113 e. The Balaban J connectivity index is 1.01. The molecule has 51 heavy (non-hydrogen) atoms. The van der Waals surface area contributed by atoms with Gasteiger partial charge in [-0.15, -0.1) is 0 Å². The summed E-state index contributed by atoms with van der Waals surface area (Å²) in [6.07, 6.45) is 0. The Kier molecular flexibility index (Phi) is 6.47. The maximum atomic E-state index is 4.79. The lowest BCUT2D eigenvalue weighted by atomic mass is 9.79. The third-order valence-corrected chi connectivity index (χ3v) is 12.1. The Labute approximate surface area is 303 Å². The van der Waals surface area contributed by atoms with Crippen molar-refractivity contribution in [1.29, 1.82) is 0 Å². The van der Waals surface area contributed by atoms with Crippen molar-refractivity contribution in [2.75, 3.05) is 0 Å². The Morgan fingerprint density at radius 1 is 0.333 bits per heavy atom. The largest absolute Gasteiger partial charge is 0.172 e. The normalized spacial score (nSPS) is 14.6. The van der Waals surface area contributed by atoms with E-state index in [9.17, 15) is 0 Å². The maximum absolute atomic E-state index is 4.79. The summed E-state index contributed by atoms with van der Waals surface area (Å²) < 4.78 is 9.53. The van der Waals surface area contributed by atoms with Crippen LogP contribution in [0.5, 0.6) is 0 Å². The van der Waals surface area contributed by atoms with E-state index in [1.807, 2.05) is 0 Å². The molecule has 8 aromatic rings. The summed E-state index contributed by atoms with van der Waals surface area (Å²) in [4.78, 5) is 0. The molecular weight excluding hydrogens is 637 g/mol. The van der Waals surface area contributed by atoms with Crippen molar-refractivity contribution in [2.24, 2.45) is 0 Å². The fourth-order valence-corrected chi connectivity index (χ4v) is 9.34. The third-order valence-electron chi connectivity index (χ3n) is 11.6. The molecule has 0 fully saturated rings. The van der Waals surface area contributed by atoms with Gasteiger partial charge in [-0.25, -0.2) is 0 Å².